The highest BCUT2D eigenvalue weighted by atomic mass is 32.2. The van der Waals surface area contributed by atoms with Crippen molar-refractivity contribution >= 4 is 15.9 Å². The lowest BCUT2D eigenvalue weighted by Gasteiger charge is -2.19. The van der Waals surface area contributed by atoms with Gasteiger partial charge in [0.05, 0.1) is 0 Å². The van der Waals surface area contributed by atoms with Crippen LogP contribution in [0.15, 0.2) is 23.1 Å². The molecule has 21 heavy (non-hydrogen) atoms. The lowest BCUT2D eigenvalue weighted by atomic mass is 10.2. The number of rotatable bonds is 6. The summed E-state index contributed by atoms with van der Waals surface area (Å²) in [6.45, 7) is 7.14. The van der Waals surface area contributed by atoms with Gasteiger partial charge in [-0.15, -0.1) is 0 Å². The fourth-order valence-corrected chi connectivity index (χ4v) is 2.39. The van der Waals surface area contributed by atoms with E-state index in [0.29, 0.717) is 0 Å². The number of primary sulfonamides is 1. The number of amides is 1. The van der Waals surface area contributed by atoms with E-state index in [-0.39, 0.29) is 22.6 Å². The van der Waals surface area contributed by atoms with Crippen LogP contribution >= 0.6 is 0 Å². The largest absolute Gasteiger partial charge is 0.479 e. The number of nitrogens with one attached hydrogen (secondary N) is 1. The van der Waals surface area contributed by atoms with Gasteiger partial charge >= 0.3 is 0 Å². The summed E-state index contributed by atoms with van der Waals surface area (Å²) >= 11 is 0. The van der Waals surface area contributed by atoms with Gasteiger partial charge in [-0.25, -0.2) is 13.6 Å². The average Bonchev–Trinajstić information content (AvgIpc) is 2.39. The van der Waals surface area contributed by atoms with Gasteiger partial charge in [0, 0.05) is 6.04 Å². The maximum absolute atomic E-state index is 11.9. The van der Waals surface area contributed by atoms with Crippen LogP contribution in [-0.4, -0.2) is 26.5 Å². The molecular formula is C14H22N2O4S. The molecule has 1 aromatic carbocycles. The molecule has 3 N–H and O–H groups in total. The predicted octanol–water partition coefficient (Wildman–Crippen LogP) is 1.32. The van der Waals surface area contributed by atoms with Crippen LogP contribution in [0.2, 0.25) is 0 Å². The van der Waals surface area contributed by atoms with Crippen molar-refractivity contribution in [3.05, 3.63) is 23.8 Å². The SMILES string of the molecule is CCC(C)NC(=O)C(C)Oc1ccc(C)cc1S(N)(=O)=O. The Morgan fingerprint density at radius 3 is 2.52 bits per heavy atom. The van der Waals surface area contributed by atoms with Crippen molar-refractivity contribution in [1.29, 1.82) is 0 Å². The summed E-state index contributed by atoms with van der Waals surface area (Å²) in [5.74, 6) is -0.222. The highest BCUT2D eigenvalue weighted by molar-refractivity contribution is 7.89. The van der Waals surface area contributed by atoms with Gasteiger partial charge in [0.15, 0.2) is 6.10 Å². The van der Waals surface area contributed by atoms with E-state index in [1.807, 2.05) is 13.8 Å². The molecule has 1 amide bonds. The lowest BCUT2D eigenvalue weighted by molar-refractivity contribution is -0.128. The Morgan fingerprint density at radius 2 is 2.00 bits per heavy atom. The van der Waals surface area contributed by atoms with Crippen LogP contribution in [0.4, 0.5) is 0 Å². The third-order valence-corrected chi connectivity index (χ3v) is 4.01. The molecule has 7 heteroatoms. The standard InChI is InChI=1S/C14H22N2O4S/c1-5-10(3)16-14(17)11(4)20-12-7-6-9(2)8-13(12)21(15,18)19/h6-8,10-11H,5H2,1-4H3,(H,16,17)(H2,15,18,19). The van der Waals surface area contributed by atoms with Crippen molar-refractivity contribution in [2.45, 2.75) is 51.2 Å². The highest BCUT2D eigenvalue weighted by Crippen LogP contribution is 2.25. The molecule has 118 valence electrons. The van der Waals surface area contributed by atoms with Crippen LogP contribution in [-0.2, 0) is 14.8 Å². The fourth-order valence-electron chi connectivity index (χ4n) is 1.64. The Labute approximate surface area is 125 Å². The Balaban J connectivity index is 2.95. The first-order valence-corrected chi connectivity index (χ1v) is 8.30. The molecule has 0 bridgehead atoms. The van der Waals surface area contributed by atoms with Gasteiger partial charge in [0.1, 0.15) is 10.6 Å². The van der Waals surface area contributed by atoms with Gasteiger partial charge in [-0.3, -0.25) is 4.79 Å². The molecule has 0 aliphatic carbocycles. The van der Waals surface area contributed by atoms with Crippen LogP contribution in [0.3, 0.4) is 0 Å². The lowest BCUT2D eigenvalue weighted by Crippen LogP contribution is -2.41. The summed E-state index contributed by atoms with van der Waals surface area (Å²) in [4.78, 5) is 11.8. The monoisotopic (exact) mass is 314 g/mol. The zero-order valence-corrected chi connectivity index (χ0v) is 13.5. The average molecular weight is 314 g/mol. The van der Waals surface area contributed by atoms with Gasteiger partial charge in [0.2, 0.25) is 10.0 Å². The molecule has 0 saturated heterocycles. The molecule has 0 aliphatic rings. The summed E-state index contributed by atoms with van der Waals surface area (Å²) in [5.41, 5.74) is 0.739. The van der Waals surface area contributed by atoms with Crippen molar-refractivity contribution in [2.75, 3.05) is 0 Å². The second-order valence-electron chi connectivity index (χ2n) is 5.07. The number of benzene rings is 1. The van der Waals surface area contributed by atoms with Crippen molar-refractivity contribution in [2.24, 2.45) is 5.14 Å². The smallest absolute Gasteiger partial charge is 0.260 e. The number of hydrogen-bond donors (Lipinski definition) is 2. The highest BCUT2D eigenvalue weighted by Gasteiger charge is 2.21. The number of sulfonamides is 1. The van der Waals surface area contributed by atoms with Gasteiger partial charge in [-0.2, -0.15) is 0 Å². The molecule has 0 fully saturated rings. The van der Waals surface area contributed by atoms with E-state index in [1.54, 1.807) is 19.9 Å². The van der Waals surface area contributed by atoms with Gasteiger partial charge in [0.25, 0.3) is 5.91 Å². The Kier molecular flexibility index (Phi) is 5.74. The Hall–Kier alpha value is -1.60. The number of hydrogen-bond acceptors (Lipinski definition) is 4. The first-order chi connectivity index (χ1) is 9.65. The minimum atomic E-state index is -3.91. The van der Waals surface area contributed by atoms with Gasteiger partial charge in [-0.05, 0) is 44.9 Å². The molecule has 0 spiro atoms. The van der Waals surface area contributed by atoms with Crippen LogP contribution < -0.4 is 15.2 Å². The molecule has 2 atom stereocenters. The van der Waals surface area contributed by atoms with Gasteiger partial charge in [-0.1, -0.05) is 13.0 Å². The van der Waals surface area contributed by atoms with Gasteiger partial charge < -0.3 is 10.1 Å². The van der Waals surface area contributed by atoms with Crippen LogP contribution in [0, 0.1) is 6.92 Å². The molecule has 0 aliphatic heterocycles. The van der Waals surface area contributed by atoms with E-state index >= 15 is 0 Å². The molecule has 0 aromatic heterocycles. The van der Waals surface area contributed by atoms with Crippen molar-refractivity contribution in [3.8, 4) is 5.75 Å². The minimum absolute atomic E-state index is 0.0271. The molecule has 0 saturated carbocycles. The zero-order chi connectivity index (χ0) is 16.2. The van der Waals surface area contributed by atoms with E-state index < -0.39 is 16.1 Å². The Bertz CT molecular complexity index is 613. The zero-order valence-electron chi connectivity index (χ0n) is 12.7. The predicted molar refractivity (Wildman–Crippen MR) is 80.5 cm³/mol. The summed E-state index contributed by atoms with van der Waals surface area (Å²) in [6.07, 6.45) is -0.0204. The number of carbonyl (C=O) groups is 1. The first-order valence-electron chi connectivity index (χ1n) is 6.75. The van der Waals surface area contributed by atoms with E-state index in [4.69, 9.17) is 9.88 Å². The summed E-state index contributed by atoms with van der Waals surface area (Å²) in [5, 5.41) is 7.95. The number of nitrogens with two attached hydrogens (primary N) is 1. The normalized spacial score (nSPS) is 14.3. The molecule has 1 rings (SSSR count). The minimum Gasteiger partial charge on any atom is -0.479 e. The quantitative estimate of drug-likeness (QED) is 0.827. The summed E-state index contributed by atoms with van der Waals surface area (Å²) in [7, 11) is -3.91. The van der Waals surface area contributed by atoms with E-state index in [0.717, 1.165) is 12.0 Å². The van der Waals surface area contributed by atoms with E-state index in [2.05, 4.69) is 5.32 Å². The van der Waals surface area contributed by atoms with Crippen molar-refractivity contribution < 1.29 is 17.9 Å². The number of carbonyl (C=O) groups excluding carboxylic acids is 1. The third-order valence-electron chi connectivity index (χ3n) is 3.08. The number of aryl methyl sites for hydroxylation is 1. The second kappa shape index (κ2) is 6.91. The van der Waals surface area contributed by atoms with Crippen LogP contribution in [0.1, 0.15) is 32.8 Å². The van der Waals surface area contributed by atoms with E-state index in [9.17, 15) is 13.2 Å². The third kappa shape index (κ3) is 5.02. The topological polar surface area (TPSA) is 98.5 Å². The maximum Gasteiger partial charge on any atom is 0.260 e. The van der Waals surface area contributed by atoms with Crippen molar-refractivity contribution in [3.63, 3.8) is 0 Å². The first kappa shape index (κ1) is 17.5. The summed E-state index contributed by atoms with van der Waals surface area (Å²) in [6, 6.07) is 4.65. The van der Waals surface area contributed by atoms with Crippen molar-refractivity contribution in [1.82, 2.24) is 5.32 Å². The number of ether oxygens (including phenoxy) is 1. The molecule has 2 unspecified atom stereocenters. The molecular weight excluding hydrogens is 292 g/mol. The molecule has 6 nitrogen and oxygen atoms in total. The Morgan fingerprint density at radius 1 is 1.38 bits per heavy atom. The molecule has 0 heterocycles. The molecule has 0 radical (unpaired) electrons. The van der Waals surface area contributed by atoms with Crippen LogP contribution in [0.25, 0.3) is 0 Å². The van der Waals surface area contributed by atoms with Crippen LogP contribution in [0.5, 0.6) is 5.75 Å². The summed E-state index contributed by atoms with van der Waals surface area (Å²) < 4.78 is 28.6. The fraction of sp³-hybridized carbons (Fsp3) is 0.500. The second-order valence-corrected chi connectivity index (χ2v) is 6.60. The molecule has 1 aromatic rings. The van der Waals surface area contributed by atoms with E-state index in [1.165, 1.54) is 12.1 Å². The maximum atomic E-state index is 11.9.